The summed E-state index contributed by atoms with van der Waals surface area (Å²) in [4.78, 5) is 38.7. The number of carbonyl (C=O) groups excluding carboxylic acids is 3. The third-order valence-electron chi connectivity index (χ3n) is 5.47. The summed E-state index contributed by atoms with van der Waals surface area (Å²) >= 11 is 0.896. The first kappa shape index (κ1) is 23.5. The van der Waals surface area contributed by atoms with Gasteiger partial charge in [-0.15, -0.1) is 0 Å². The molecule has 1 N–H and O–H groups in total. The molecule has 8 nitrogen and oxygen atoms in total. The number of benzene rings is 1. The van der Waals surface area contributed by atoms with Crippen LogP contribution in [0.15, 0.2) is 29.2 Å². The van der Waals surface area contributed by atoms with Crippen LogP contribution in [0.5, 0.6) is 0 Å². The van der Waals surface area contributed by atoms with Crippen LogP contribution in [-0.4, -0.2) is 66.6 Å². The van der Waals surface area contributed by atoms with Crippen LogP contribution in [0, 0.1) is 12.8 Å². The van der Waals surface area contributed by atoms with Crippen LogP contribution in [0.3, 0.4) is 0 Å². The zero-order valence-electron chi connectivity index (χ0n) is 17.7. The highest BCUT2D eigenvalue weighted by molar-refractivity contribution is 8.18. The summed E-state index contributed by atoms with van der Waals surface area (Å²) in [6, 6.07) is 7.66. The van der Waals surface area contributed by atoms with E-state index in [-0.39, 0.29) is 41.8 Å². The van der Waals surface area contributed by atoms with Gasteiger partial charge in [0, 0.05) is 32.1 Å². The highest BCUT2D eigenvalue weighted by Gasteiger charge is 2.35. The van der Waals surface area contributed by atoms with Crippen molar-refractivity contribution in [2.24, 2.45) is 5.92 Å². The van der Waals surface area contributed by atoms with Crippen molar-refractivity contribution >= 4 is 44.9 Å². The zero-order chi connectivity index (χ0) is 22.6. The minimum atomic E-state index is -3.23. The van der Waals surface area contributed by atoms with Gasteiger partial charge in [-0.1, -0.05) is 29.8 Å². The van der Waals surface area contributed by atoms with E-state index in [1.807, 2.05) is 31.2 Å². The SMILES string of the molecule is CCS(=O)(=O)N1CCC(C(=O)NCCN2C(=O)S/C(=C/c3ccc(C)cc3)C2=O)CC1. The molecule has 0 spiro atoms. The van der Waals surface area contributed by atoms with Crippen molar-refractivity contribution in [1.29, 1.82) is 0 Å². The van der Waals surface area contributed by atoms with Gasteiger partial charge in [0.1, 0.15) is 0 Å². The summed E-state index contributed by atoms with van der Waals surface area (Å²) in [5.74, 6) is -0.738. The Kier molecular flexibility index (Phi) is 7.55. The molecule has 0 atom stereocenters. The first-order chi connectivity index (χ1) is 14.7. The molecular weight excluding hydrogens is 438 g/mol. The summed E-state index contributed by atoms with van der Waals surface area (Å²) in [6.07, 6.45) is 2.62. The van der Waals surface area contributed by atoms with E-state index in [9.17, 15) is 22.8 Å². The Morgan fingerprint density at radius 1 is 1.19 bits per heavy atom. The number of imide groups is 1. The Labute approximate surface area is 187 Å². The number of nitrogens with one attached hydrogen (secondary N) is 1. The van der Waals surface area contributed by atoms with Gasteiger partial charge in [0.15, 0.2) is 0 Å². The summed E-state index contributed by atoms with van der Waals surface area (Å²) in [5, 5.41) is 2.43. The van der Waals surface area contributed by atoms with E-state index in [4.69, 9.17) is 0 Å². The maximum Gasteiger partial charge on any atom is 0.293 e. The molecule has 0 saturated carbocycles. The first-order valence-electron chi connectivity index (χ1n) is 10.3. The lowest BCUT2D eigenvalue weighted by Gasteiger charge is -2.30. The summed E-state index contributed by atoms with van der Waals surface area (Å²) in [5.41, 5.74) is 1.96. The smallest absolute Gasteiger partial charge is 0.293 e. The molecule has 31 heavy (non-hydrogen) atoms. The van der Waals surface area contributed by atoms with Gasteiger partial charge in [0.05, 0.1) is 10.7 Å². The monoisotopic (exact) mass is 465 g/mol. The molecule has 2 heterocycles. The fourth-order valence-corrected chi connectivity index (χ4v) is 5.52. The Hall–Kier alpha value is -2.17. The van der Waals surface area contributed by atoms with Gasteiger partial charge < -0.3 is 5.32 Å². The van der Waals surface area contributed by atoms with Gasteiger partial charge in [-0.25, -0.2) is 12.7 Å². The van der Waals surface area contributed by atoms with E-state index in [1.54, 1.807) is 13.0 Å². The molecule has 0 aromatic heterocycles. The number of hydrogen-bond donors (Lipinski definition) is 1. The fourth-order valence-electron chi connectivity index (χ4n) is 3.52. The highest BCUT2D eigenvalue weighted by atomic mass is 32.2. The van der Waals surface area contributed by atoms with Gasteiger partial charge in [-0.2, -0.15) is 0 Å². The molecule has 168 valence electrons. The lowest BCUT2D eigenvalue weighted by molar-refractivity contribution is -0.127. The molecule has 1 aromatic rings. The largest absolute Gasteiger partial charge is 0.354 e. The zero-order valence-corrected chi connectivity index (χ0v) is 19.3. The minimum absolute atomic E-state index is 0.0557. The van der Waals surface area contributed by atoms with Crippen molar-refractivity contribution in [3.05, 3.63) is 40.3 Å². The van der Waals surface area contributed by atoms with Gasteiger partial charge in [0.2, 0.25) is 15.9 Å². The second-order valence-electron chi connectivity index (χ2n) is 7.61. The molecule has 2 aliphatic rings. The molecule has 3 amide bonds. The third-order valence-corrected chi connectivity index (χ3v) is 8.26. The highest BCUT2D eigenvalue weighted by Crippen LogP contribution is 2.32. The van der Waals surface area contributed by atoms with Crippen molar-refractivity contribution in [3.8, 4) is 0 Å². The summed E-state index contributed by atoms with van der Waals surface area (Å²) < 4.78 is 25.3. The van der Waals surface area contributed by atoms with Crippen LogP contribution in [0.25, 0.3) is 6.08 Å². The van der Waals surface area contributed by atoms with E-state index in [0.717, 1.165) is 27.8 Å². The lowest BCUT2D eigenvalue weighted by Crippen LogP contribution is -2.45. The number of nitrogens with zero attached hydrogens (tertiary/aromatic N) is 2. The third kappa shape index (κ3) is 5.75. The Bertz CT molecular complexity index is 981. The molecule has 2 saturated heterocycles. The van der Waals surface area contributed by atoms with Crippen molar-refractivity contribution in [2.75, 3.05) is 31.9 Å². The number of carbonyl (C=O) groups is 3. The van der Waals surface area contributed by atoms with E-state index in [1.165, 1.54) is 4.31 Å². The Morgan fingerprint density at radius 2 is 1.84 bits per heavy atom. The predicted molar refractivity (Wildman–Crippen MR) is 121 cm³/mol. The number of aryl methyl sites for hydroxylation is 1. The quantitative estimate of drug-likeness (QED) is 0.619. The number of amides is 3. The van der Waals surface area contributed by atoms with Gasteiger partial charge in [-0.05, 0) is 50.1 Å². The molecule has 1 aromatic carbocycles. The van der Waals surface area contributed by atoms with Gasteiger partial charge >= 0.3 is 0 Å². The summed E-state index contributed by atoms with van der Waals surface area (Å²) in [7, 11) is -3.23. The molecule has 2 aliphatic heterocycles. The van der Waals surface area contributed by atoms with Crippen molar-refractivity contribution in [1.82, 2.24) is 14.5 Å². The van der Waals surface area contributed by atoms with Crippen LogP contribution < -0.4 is 5.32 Å². The number of piperidine rings is 1. The fraction of sp³-hybridized carbons (Fsp3) is 0.476. The minimum Gasteiger partial charge on any atom is -0.354 e. The molecule has 0 radical (unpaired) electrons. The van der Waals surface area contributed by atoms with Crippen molar-refractivity contribution in [3.63, 3.8) is 0 Å². The topological polar surface area (TPSA) is 104 Å². The first-order valence-corrected chi connectivity index (χ1v) is 12.7. The average molecular weight is 466 g/mol. The average Bonchev–Trinajstić information content (AvgIpc) is 3.02. The van der Waals surface area contributed by atoms with Crippen LogP contribution in [0.4, 0.5) is 4.79 Å². The maximum absolute atomic E-state index is 12.6. The van der Waals surface area contributed by atoms with Crippen LogP contribution in [0.2, 0.25) is 0 Å². The molecule has 0 unspecified atom stereocenters. The second kappa shape index (κ2) is 9.97. The van der Waals surface area contributed by atoms with Crippen LogP contribution in [-0.2, 0) is 19.6 Å². The molecule has 3 rings (SSSR count). The number of sulfonamides is 1. The standard InChI is InChI=1S/C21H27N3O5S2/c1-3-31(28,29)23-11-8-17(9-12-23)19(25)22-10-13-24-20(26)18(30-21(24)27)14-16-6-4-15(2)5-7-16/h4-7,14,17H,3,8-13H2,1-2H3,(H,22,25)/b18-14+. The van der Waals surface area contributed by atoms with Crippen LogP contribution >= 0.6 is 11.8 Å². The predicted octanol–water partition coefficient (Wildman–Crippen LogP) is 2.21. The van der Waals surface area contributed by atoms with E-state index in [0.29, 0.717) is 30.8 Å². The van der Waals surface area contributed by atoms with E-state index in [2.05, 4.69) is 5.32 Å². The molecular formula is C21H27N3O5S2. The van der Waals surface area contributed by atoms with Gasteiger partial charge in [-0.3, -0.25) is 19.3 Å². The molecule has 2 fully saturated rings. The Balaban J connectivity index is 1.48. The normalized spacial score (nSPS) is 19.9. The van der Waals surface area contributed by atoms with E-state index < -0.39 is 10.0 Å². The molecule has 10 heteroatoms. The van der Waals surface area contributed by atoms with Crippen molar-refractivity contribution in [2.45, 2.75) is 26.7 Å². The maximum atomic E-state index is 12.6. The second-order valence-corrected chi connectivity index (χ2v) is 10.9. The number of thioether (sulfide) groups is 1. The number of hydrogen-bond acceptors (Lipinski definition) is 6. The molecule has 0 bridgehead atoms. The van der Waals surface area contributed by atoms with E-state index >= 15 is 0 Å². The van der Waals surface area contributed by atoms with Gasteiger partial charge in [0.25, 0.3) is 11.1 Å². The molecule has 0 aliphatic carbocycles. The van der Waals surface area contributed by atoms with Crippen molar-refractivity contribution < 1.29 is 22.8 Å². The Morgan fingerprint density at radius 3 is 2.45 bits per heavy atom. The summed E-state index contributed by atoms with van der Waals surface area (Å²) in [6.45, 7) is 4.52. The van der Waals surface area contributed by atoms with Crippen LogP contribution in [0.1, 0.15) is 30.9 Å². The lowest BCUT2D eigenvalue weighted by atomic mass is 9.97. The number of rotatable bonds is 7.